The number of thioether (sulfide) groups is 1. The molecule has 1 aliphatic heterocycles. The molecule has 0 spiro atoms. The number of carbonyl (C=O) groups excluding carboxylic acids is 1. The van der Waals surface area contributed by atoms with Crippen molar-refractivity contribution >= 4 is 22.8 Å². The zero-order valence-corrected chi connectivity index (χ0v) is 7.20. The first-order chi connectivity index (χ1) is 5.33. The highest BCUT2D eigenvalue weighted by atomic mass is 32.2. The second-order valence-electron chi connectivity index (χ2n) is 2.06. The molecule has 0 aliphatic carbocycles. The highest BCUT2D eigenvalue weighted by Gasteiger charge is 2.06. The van der Waals surface area contributed by atoms with Gasteiger partial charge in [-0.1, -0.05) is 11.8 Å². The van der Waals surface area contributed by atoms with Crippen LogP contribution in [-0.4, -0.2) is 37.0 Å². The third-order valence-corrected chi connectivity index (χ3v) is 2.20. The molecule has 4 nitrogen and oxygen atoms in total. The largest absolute Gasteiger partial charge is 0.358 e. The van der Waals surface area contributed by atoms with Crippen molar-refractivity contribution in [3.63, 3.8) is 0 Å². The predicted molar refractivity (Wildman–Crippen MR) is 46.8 cm³/mol. The Bertz CT molecular complexity index is 181. The molecule has 62 valence electrons. The zero-order valence-electron chi connectivity index (χ0n) is 6.39. The molecule has 0 saturated heterocycles. The van der Waals surface area contributed by atoms with Crippen LogP contribution in [0.5, 0.6) is 0 Å². The molecular formula is C6H11N3OS. The van der Waals surface area contributed by atoms with Gasteiger partial charge in [0.1, 0.15) is 0 Å². The Morgan fingerprint density at radius 3 is 3.18 bits per heavy atom. The SMILES string of the molecule is CNC(=O)CNC1=NCCS1. The molecule has 11 heavy (non-hydrogen) atoms. The Labute approximate surface area is 69.8 Å². The van der Waals surface area contributed by atoms with Gasteiger partial charge >= 0.3 is 0 Å². The molecule has 1 heterocycles. The van der Waals surface area contributed by atoms with Crippen LogP contribution in [-0.2, 0) is 4.79 Å². The van der Waals surface area contributed by atoms with E-state index in [4.69, 9.17) is 0 Å². The van der Waals surface area contributed by atoms with E-state index >= 15 is 0 Å². The molecular weight excluding hydrogens is 162 g/mol. The van der Waals surface area contributed by atoms with E-state index in [1.807, 2.05) is 0 Å². The van der Waals surface area contributed by atoms with Crippen LogP contribution in [0, 0.1) is 0 Å². The smallest absolute Gasteiger partial charge is 0.239 e. The minimum absolute atomic E-state index is 0.0137. The minimum Gasteiger partial charge on any atom is -0.358 e. The average Bonchev–Trinajstić information content (AvgIpc) is 2.52. The minimum atomic E-state index is -0.0137. The summed E-state index contributed by atoms with van der Waals surface area (Å²) in [4.78, 5) is 14.9. The molecule has 0 aromatic rings. The Morgan fingerprint density at radius 1 is 1.82 bits per heavy atom. The summed E-state index contributed by atoms with van der Waals surface area (Å²) in [6.07, 6.45) is 0. The molecule has 0 aromatic carbocycles. The van der Waals surface area contributed by atoms with Gasteiger partial charge in [-0.05, 0) is 0 Å². The zero-order chi connectivity index (χ0) is 8.10. The number of likely N-dealkylation sites (N-methyl/N-ethyl adjacent to an activating group) is 1. The van der Waals surface area contributed by atoms with Crippen LogP contribution in [0.3, 0.4) is 0 Å². The van der Waals surface area contributed by atoms with Crippen LogP contribution in [0.1, 0.15) is 0 Å². The van der Waals surface area contributed by atoms with E-state index in [1.165, 1.54) is 0 Å². The van der Waals surface area contributed by atoms with E-state index in [1.54, 1.807) is 18.8 Å². The van der Waals surface area contributed by atoms with Crippen LogP contribution in [0.2, 0.25) is 0 Å². The predicted octanol–water partition coefficient (Wildman–Crippen LogP) is -0.575. The summed E-state index contributed by atoms with van der Waals surface area (Å²) in [5.74, 6) is 1.01. The fourth-order valence-electron chi connectivity index (χ4n) is 0.686. The maximum atomic E-state index is 10.7. The van der Waals surface area contributed by atoms with E-state index in [0.29, 0.717) is 6.54 Å². The quantitative estimate of drug-likeness (QED) is 0.587. The highest BCUT2D eigenvalue weighted by molar-refractivity contribution is 8.14. The lowest BCUT2D eigenvalue weighted by Gasteiger charge is -2.02. The summed E-state index contributed by atoms with van der Waals surface area (Å²) in [5, 5.41) is 6.34. The molecule has 1 aliphatic rings. The third kappa shape index (κ3) is 2.80. The molecule has 5 heteroatoms. The average molecular weight is 173 g/mol. The Kier molecular flexibility index (Phi) is 3.22. The van der Waals surface area contributed by atoms with Crippen LogP contribution < -0.4 is 10.6 Å². The maximum absolute atomic E-state index is 10.7. The maximum Gasteiger partial charge on any atom is 0.239 e. The number of amidine groups is 1. The van der Waals surface area contributed by atoms with Gasteiger partial charge in [-0.15, -0.1) is 0 Å². The lowest BCUT2D eigenvalue weighted by molar-refractivity contribution is -0.119. The molecule has 0 saturated carbocycles. The number of nitrogens with one attached hydrogen (secondary N) is 2. The second kappa shape index (κ2) is 4.23. The van der Waals surface area contributed by atoms with E-state index in [2.05, 4.69) is 15.6 Å². The number of hydrogen-bond donors (Lipinski definition) is 2. The van der Waals surface area contributed by atoms with Gasteiger partial charge in [0.05, 0.1) is 13.1 Å². The first-order valence-corrected chi connectivity index (χ1v) is 4.43. The fraction of sp³-hybridized carbons (Fsp3) is 0.667. The number of rotatable bonds is 2. The number of hydrogen-bond acceptors (Lipinski definition) is 4. The third-order valence-electron chi connectivity index (χ3n) is 1.26. The number of nitrogens with zero attached hydrogens (tertiary/aromatic N) is 1. The van der Waals surface area contributed by atoms with Gasteiger partial charge in [-0.2, -0.15) is 0 Å². The van der Waals surface area contributed by atoms with Crippen molar-refractivity contribution in [3.05, 3.63) is 0 Å². The molecule has 2 N–H and O–H groups in total. The lowest BCUT2D eigenvalue weighted by Crippen LogP contribution is -2.33. The molecule has 0 atom stereocenters. The monoisotopic (exact) mass is 173 g/mol. The van der Waals surface area contributed by atoms with Gasteiger partial charge in [-0.25, -0.2) is 0 Å². The molecule has 0 unspecified atom stereocenters. The van der Waals surface area contributed by atoms with Crippen molar-refractivity contribution in [2.75, 3.05) is 25.9 Å². The standard InChI is InChI=1S/C6H11N3OS/c1-7-5(10)4-9-6-8-2-3-11-6/h2-4H2,1H3,(H,7,10)(H,8,9). The molecule has 1 rings (SSSR count). The van der Waals surface area contributed by atoms with Crippen LogP contribution in [0.15, 0.2) is 4.99 Å². The first kappa shape index (κ1) is 8.39. The number of amides is 1. The topological polar surface area (TPSA) is 53.5 Å². The Balaban J connectivity index is 2.16. The Hall–Kier alpha value is -0.710. The van der Waals surface area contributed by atoms with Crippen LogP contribution in [0.25, 0.3) is 0 Å². The highest BCUT2D eigenvalue weighted by Crippen LogP contribution is 2.07. The van der Waals surface area contributed by atoms with E-state index in [-0.39, 0.29) is 5.91 Å². The van der Waals surface area contributed by atoms with Crippen molar-refractivity contribution in [1.82, 2.24) is 10.6 Å². The van der Waals surface area contributed by atoms with Crippen molar-refractivity contribution in [2.24, 2.45) is 4.99 Å². The van der Waals surface area contributed by atoms with Crippen molar-refractivity contribution in [2.45, 2.75) is 0 Å². The van der Waals surface area contributed by atoms with E-state index < -0.39 is 0 Å². The lowest BCUT2D eigenvalue weighted by atomic mass is 10.6. The van der Waals surface area contributed by atoms with Crippen molar-refractivity contribution in [3.8, 4) is 0 Å². The van der Waals surface area contributed by atoms with Gasteiger partial charge in [0.15, 0.2) is 5.17 Å². The fourth-order valence-corrected chi connectivity index (χ4v) is 1.42. The number of aliphatic imine (C=N–C) groups is 1. The van der Waals surface area contributed by atoms with E-state index in [0.717, 1.165) is 17.5 Å². The molecule has 0 radical (unpaired) electrons. The molecule has 0 bridgehead atoms. The summed E-state index contributed by atoms with van der Waals surface area (Å²) < 4.78 is 0. The number of carbonyl (C=O) groups is 1. The summed E-state index contributed by atoms with van der Waals surface area (Å²) in [6.45, 7) is 1.18. The van der Waals surface area contributed by atoms with E-state index in [9.17, 15) is 4.79 Å². The van der Waals surface area contributed by atoms with Gasteiger partial charge in [0.2, 0.25) is 5.91 Å². The van der Waals surface area contributed by atoms with Crippen molar-refractivity contribution in [1.29, 1.82) is 0 Å². The van der Waals surface area contributed by atoms with Gasteiger partial charge in [0.25, 0.3) is 0 Å². The summed E-state index contributed by atoms with van der Waals surface area (Å²) in [7, 11) is 1.62. The van der Waals surface area contributed by atoms with Crippen LogP contribution >= 0.6 is 11.8 Å². The van der Waals surface area contributed by atoms with Gasteiger partial charge in [0, 0.05) is 12.8 Å². The van der Waals surface area contributed by atoms with Gasteiger partial charge in [-0.3, -0.25) is 9.79 Å². The Morgan fingerprint density at radius 2 is 2.64 bits per heavy atom. The summed E-state index contributed by atoms with van der Waals surface area (Å²) in [6, 6.07) is 0. The van der Waals surface area contributed by atoms with Gasteiger partial charge < -0.3 is 10.6 Å². The molecule has 1 amide bonds. The molecule has 0 fully saturated rings. The van der Waals surface area contributed by atoms with Crippen LogP contribution in [0.4, 0.5) is 0 Å². The normalized spacial score (nSPS) is 15.9. The second-order valence-corrected chi connectivity index (χ2v) is 3.15. The first-order valence-electron chi connectivity index (χ1n) is 3.44. The molecule has 0 aromatic heterocycles. The van der Waals surface area contributed by atoms with Crippen molar-refractivity contribution < 1.29 is 4.79 Å². The summed E-state index contributed by atoms with van der Waals surface area (Å²) >= 11 is 1.65. The summed E-state index contributed by atoms with van der Waals surface area (Å²) in [5.41, 5.74) is 0.